The monoisotopic (exact) mass is 1560 g/mol. The zero-order chi connectivity index (χ0) is 79.4. The van der Waals surface area contributed by atoms with E-state index in [1.165, 1.54) is 0 Å². The Hall–Kier alpha value is -13.5. The molecule has 8 aromatic heterocycles. The van der Waals surface area contributed by atoms with Crippen molar-refractivity contribution in [2.75, 3.05) is 97.9 Å². The number of benzene rings is 5. The van der Waals surface area contributed by atoms with Crippen LogP contribution >= 0.6 is 0 Å². The molecule has 0 radical (unpaired) electrons. The maximum Gasteiger partial charge on any atom is 0.254 e. The predicted octanol–water partition coefficient (Wildman–Crippen LogP) is 11.6. The summed E-state index contributed by atoms with van der Waals surface area (Å²) in [6.45, 7) is 5.10. The number of oxazole rings is 1. The first kappa shape index (κ1) is 75.6. The maximum absolute atomic E-state index is 12.7. The number of carbonyl (C=O) groups excluding carboxylic acids is 4. The van der Waals surface area contributed by atoms with Crippen molar-refractivity contribution in [3.63, 3.8) is 0 Å². The number of aromatic amines is 3. The highest BCUT2D eigenvalue weighted by molar-refractivity contribution is 6.03. The third kappa shape index (κ3) is 16.3. The number of likely N-dealkylation sites (N-methyl/N-ethyl adjacent to an activating group) is 1. The van der Waals surface area contributed by atoms with Crippen molar-refractivity contribution < 1.29 is 61.9 Å². The summed E-state index contributed by atoms with van der Waals surface area (Å²) >= 11 is 0. The predicted molar refractivity (Wildman–Crippen MR) is 431 cm³/mol. The topological polar surface area (TPSA) is 395 Å². The number of nitrogens with zero attached hydrogens (tertiary/aromatic N) is 10. The first-order valence-corrected chi connectivity index (χ1v) is 37.9. The number of methoxy groups -OCH3 is 4. The van der Waals surface area contributed by atoms with Crippen LogP contribution < -0.4 is 60.3 Å². The molecule has 590 valence electrons. The van der Waals surface area contributed by atoms with Crippen molar-refractivity contribution in [2.45, 2.75) is 82.2 Å². The van der Waals surface area contributed by atoms with Crippen molar-refractivity contribution in [2.24, 2.45) is 0 Å². The third-order valence-corrected chi connectivity index (χ3v) is 20.8. The van der Waals surface area contributed by atoms with Crippen molar-refractivity contribution in [1.82, 2.24) is 80.6 Å². The van der Waals surface area contributed by atoms with E-state index >= 15 is 0 Å². The summed E-state index contributed by atoms with van der Waals surface area (Å²) < 4.78 is 46.0. The quantitative estimate of drug-likeness (QED) is 0.0251. The van der Waals surface area contributed by atoms with E-state index in [0.29, 0.717) is 140 Å². The number of hydrogen-bond donors (Lipinski definition) is 10. The Morgan fingerprint density at radius 3 is 1.45 bits per heavy atom. The van der Waals surface area contributed by atoms with Gasteiger partial charge in [-0.25, -0.2) is 4.98 Å². The molecule has 115 heavy (non-hydrogen) atoms. The van der Waals surface area contributed by atoms with Crippen LogP contribution in [0.2, 0.25) is 0 Å². The minimum absolute atomic E-state index is 0.0393. The van der Waals surface area contributed by atoms with E-state index in [2.05, 4.69) is 71.7 Å². The van der Waals surface area contributed by atoms with Crippen LogP contribution in [0.1, 0.15) is 92.3 Å². The Balaban J connectivity index is 0.000000131. The molecular formula is C83H85N19O13. The van der Waals surface area contributed by atoms with Crippen LogP contribution in [0.4, 0.5) is 34.9 Å². The SMILES string of the molecule is CNC(=O)c1ccc(-c2c[nH]c3nc(Nc4ccc(C(=O)NC5CN(C)C5)cc4OC)nc(OC4CCC4)c23)cc1.COc1cc(C(=O)N2C[C@@H]2CO)ccc1Nc1nc(OC2CCCC2)c2c(-c3ccc4nc(C)oc4c3)c[nH]c2n1.COc1cc(C(=O)NC2COC2)ccc1Nc1nc(OC)c2c(-c3ccncc3)c[nH]c2n1. The molecule has 2 saturated carbocycles. The summed E-state index contributed by atoms with van der Waals surface area (Å²) in [5.41, 5.74) is 12.8. The fourth-order valence-electron chi connectivity index (χ4n) is 14.2. The van der Waals surface area contributed by atoms with Gasteiger partial charge in [0.2, 0.25) is 35.5 Å². The van der Waals surface area contributed by atoms with E-state index in [-0.39, 0.29) is 60.6 Å². The molecular weight excluding hydrogens is 1470 g/mol. The van der Waals surface area contributed by atoms with Gasteiger partial charge in [0.1, 0.15) is 51.9 Å². The Morgan fingerprint density at radius 2 is 0.983 bits per heavy atom. The minimum atomic E-state index is -0.178. The van der Waals surface area contributed by atoms with Gasteiger partial charge in [-0.3, -0.25) is 24.2 Å². The van der Waals surface area contributed by atoms with E-state index in [4.69, 9.17) is 57.5 Å². The number of H-pyrrole nitrogens is 3. The summed E-state index contributed by atoms with van der Waals surface area (Å²) in [5.74, 6) is 3.88. The van der Waals surface area contributed by atoms with E-state index < -0.39 is 0 Å². The highest BCUT2D eigenvalue weighted by Crippen LogP contribution is 2.43. The number of nitrogens with one attached hydrogen (secondary N) is 9. The van der Waals surface area contributed by atoms with Gasteiger partial charge >= 0.3 is 0 Å². The van der Waals surface area contributed by atoms with Crippen molar-refractivity contribution >= 4 is 103 Å². The average molecular weight is 1560 g/mol. The van der Waals surface area contributed by atoms with Crippen LogP contribution in [0.3, 0.4) is 0 Å². The number of aryl methyl sites for hydroxylation is 1. The summed E-state index contributed by atoms with van der Waals surface area (Å²) in [4.78, 5) is 100. The number of aliphatic hydroxyl groups excluding tert-OH is 1. The third-order valence-electron chi connectivity index (χ3n) is 20.8. The van der Waals surface area contributed by atoms with Gasteiger partial charge in [-0.2, -0.15) is 29.9 Å². The number of aromatic nitrogens is 11. The normalized spacial score (nSPS) is 15.4. The zero-order valence-electron chi connectivity index (χ0n) is 64.2. The molecule has 11 heterocycles. The Morgan fingerprint density at radius 1 is 0.513 bits per heavy atom. The van der Waals surface area contributed by atoms with Gasteiger partial charge in [0.25, 0.3) is 23.6 Å². The van der Waals surface area contributed by atoms with Crippen LogP contribution in [0.25, 0.3) is 77.6 Å². The summed E-state index contributed by atoms with van der Waals surface area (Å²) in [7, 11) is 9.85. The molecule has 18 rings (SSSR count). The first-order valence-electron chi connectivity index (χ1n) is 37.9. The highest BCUT2D eigenvalue weighted by Gasteiger charge is 2.39. The largest absolute Gasteiger partial charge is 0.495 e. The summed E-state index contributed by atoms with van der Waals surface area (Å²) in [6, 6.07) is 32.8. The second-order valence-corrected chi connectivity index (χ2v) is 28.6. The molecule has 32 heteroatoms. The lowest BCUT2D eigenvalue weighted by molar-refractivity contribution is -0.00346. The van der Waals surface area contributed by atoms with Gasteiger partial charge in [-0.05, 0) is 160 Å². The molecule has 2 aliphatic carbocycles. The smallest absolute Gasteiger partial charge is 0.254 e. The maximum atomic E-state index is 12.7. The number of ether oxygens (including phenoxy) is 7. The van der Waals surface area contributed by atoms with Gasteiger partial charge < -0.3 is 99.3 Å². The van der Waals surface area contributed by atoms with Crippen LogP contribution in [-0.2, 0) is 4.74 Å². The van der Waals surface area contributed by atoms with E-state index in [1.54, 1.807) is 120 Å². The number of fused-ring (bicyclic) bond motifs is 4. The molecule has 13 aromatic rings. The number of amides is 4. The van der Waals surface area contributed by atoms with Gasteiger partial charge in [0.05, 0.1) is 99.6 Å². The van der Waals surface area contributed by atoms with E-state index in [1.807, 2.05) is 75.0 Å². The molecule has 1 atom stereocenters. The number of likely N-dealkylation sites (tertiary alicyclic amines) is 1. The molecule has 0 unspecified atom stereocenters. The van der Waals surface area contributed by atoms with Gasteiger partial charge in [0, 0.05) is 104 Å². The standard InChI is InChI=1S/C30H33N7O4.C30H30N6O5.C23H22N6O4/c1-31-27(38)18-9-7-17(8-10-18)22-14-32-26-25(22)29(41-21-5-4-6-21)36-30(35-26)34-23-12-11-19(13-24(23)40-3)28(39)33-20-15-37(2)16-20;1-16-32-23-9-7-17(11-25(23)40-16)21-13-31-27-26(21)28(41-20-5-3-4-6-20)35-30(34-27)33-22-10-8-18(12-24(22)39-2)29(38)36-14-19(36)15-37;1-31-18-9-14(21(30)26-15-11-33-12-15)3-4-17(18)27-23-28-20-19(22(29-23)32-2)16(10-25-20)13-5-7-24-8-6-13/h7-14,20-21H,4-6,15-16H2,1-3H3,(H,31,38)(H,33,39)(H2,32,34,35,36);7-13,19-20,37H,3-6,14-15H2,1-2H3,(H2,31,33,34,35);3-10,15H,11-12H2,1-2H3,(H,26,30)(H2,25,27,28,29)/t;19-,36?;/m.1./s1. The number of anilines is 6. The lowest BCUT2D eigenvalue weighted by atomic mass is 9.96. The number of pyridine rings is 1. The molecule has 32 nitrogen and oxygen atoms in total. The number of rotatable bonds is 24. The zero-order valence-corrected chi connectivity index (χ0v) is 64.2. The molecule has 5 aromatic carbocycles. The van der Waals surface area contributed by atoms with Crippen LogP contribution in [-0.4, -0.2) is 206 Å². The van der Waals surface area contributed by atoms with Crippen LogP contribution in [0.15, 0.2) is 145 Å². The number of carbonyl (C=O) groups is 4. The van der Waals surface area contributed by atoms with Crippen molar-refractivity contribution in [1.29, 1.82) is 0 Å². The van der Waals surface area contributed by atoms with E-state index in [9.17, 15) is 24.3 Å². The molecule has 3 aliphatic heterocycles. The lowest BCUT2D eigenvalue weighted by Crippen LogP contribution is -2.57. The summed E-state index contributed by atoms with van der Waals surface area (Å²) in [6.07, 6.45) is 16.6. The second kappa shape index (κ2) is 33.1. The first-order chi connectivity index (χ1) is 56.1. The van der Waals surface area contributed by atoms with Gasteiger partial charge in [-0.15, -0.1) is 0 Å². The molecule has 0 spiro atoms. The lowest BCUT2D eigenvalue weighted by Gasteiger charge is -2.36. The Bertz CT molecular complexity index is 5770. The van der Waals surface area contributed by atoms with Gasteiger partial charge in [0.15, 0.2) is 11.5 Å². The van der Waals surface area contributed by atoms with Crippen LogP contribution in [0.5, 0.6) is 34.9 Å². The molecule has 4 amide bonds. The summed E-state index contributed by atoms with van der Waals surface area (Å²) in [5, 5.41) is 29.9. The minimum Gasteiger partial charge on any atom is -0.495 e. The fraction of sp³-hybridized carbons (Fsp3) is 0.301. The van der Waals surface area contributed by atoms with Gasteiger partial charge in [-0.1, -0.05) is 18.2 Å². The Kier molecular flexibility index (Phi) is 21.7. The Labute approximate surface area is 658 Å². The number of aliphatic hydroxyl groups is 1. The fourth-order valence-corrected chi connectivity index (χ4v) is 14.2. The molecule has 10 N–H and O–H groups in total. The van der Waals surface area contributed by atoms with Crippen molar-refractivity contribution in [3.8, 4) is 68.3 Å². The van der Waals surface area contributed by atoms with E-state index in [0.717, 1.165) is 113 Å². The molecule has 0 bridgehead atoms. The van der Waals surface area contributed by atoms with Crippen LogP contribution in [0, 0.1) is 6.92 Å². The average Bonchev–Trinajstić information content (AvgIpc) is 1.57. The second-order valence-electron chi connectivity index (χ2n) is 28.6. The highest BCUT2D eigenvalue weighted by atomic mass is 16.5. The molecule has 3 saturated heterocycles. The number of hydrogen-bond acceptors (Lipinski definition) is 25. The van der Waals surface area contributed by atoms with Crippen molar-refractivity contribution in [3.05, 3.63) is 168 Å². The molecule has 5 fully saturated rings. The molecule has 5 aliphatic rings.